The second-order valence-corrected chi connectivity index (χ2v) is 3.25. The van der Waals surface area contributed by atoms with E-state index in [-0.39, 0.29) is 5.92 Å². The second-order valence-electron chi connectivity index (χ2n) is 3.25. The number of hydrogen-bond acceptors (Lipinski definition) is 2. The molecule has 1 aromatic heterocycles. The van der Waals surface area contributed by atoms with Gasteiger partial charge in [-0.3, -0.25) is 4.98 Å². The van der Waals surface area contributed by atoms with Crippen LogP contribution in [0.4, 0.5) is 4.39 Å². The third kappa shape index (κ3) is 1.83. The van der Waals surface area contributed by atoms with Gasteiger partial charge in [-0.25, -0.2) is 4.39 Å². The zero-order chi connectivity index (χ0) is 10.0. The van der Waals surface area contributed by atoms with Gasteiger partial charge in [0.05, 0.1) is 17.0 Å². The van der Waals surface area contributed by atoms with E-state index in [1.165, 1.54) is 6.07 Å². The van der Waals surface area contributed by atoms with Crippen LogP contribution in [0.2, 0.25) is 0 Å². The smallest absolute Gasteiger partial charge is 0.145 e. The van der Waals surface area contributed by atoms with E-state index in [0.29, 0.717) is 17.0 Å². The summed E-state index contributed by atoms with van der Waals surface area (Å²) in [5.74, 6) is -0.269. The number of nitrogens with zero attached hydrogens (tertiary/aromatic N) is 2. The highest BCUT2D eigenvalue weighted by atomic mass is 19.1. The van der Waals surface area contributed by atoms with Crippen LogP contribution >= 0.6 is 0 Å². The van der Waals surface area contributed by atoms with Crippen LogP contribution in [0.5, 0.6) is 0 Å². The number of pyridine rings is 1. The Morgan fingerprint density at radius 3 is 2.62 bits per heavy atom. The molecule has 1 aromatic rings. The lowest BCUT2D eigenvalue weighted by Gasteiger charge is -2.07. The highest BCUT2D eigenvalue weighted by molar-refractivity contribution is 5.36. The lowest BCUT2D eigenvalue weighted by molar-refractivity contribution is 0.603. The molecule has 0 saturated heterocycles. The van der Waals surface area contributed by atoms with Crippen molar-refractivity contribution in [1.29, 1.82) is 5.26 Å². The monoisotopic (exact) mass is 178 g/mol. The molecule has 0 bridgehead atoms. The lowest BCUT2D eigenvalue weighted by Crippen LogP contribution is -2.01. The Bertz CT molecular complexity index is 364. The molecule has 0 aliphatic carbocycles. The van der Waals surface area contributed by atoms with Gasteiger partial charge in [0, 0.05) is 0 Å². The van der Waals surface area contributed by atoms with Crippen LogP contribution in [0.25, 0.3) is 0 Å². The summed E-state index contributed by atoms with van der Waals surface area (Å²) in [6.07, 6.45) is 0. The van der Waals surface area contributed by atoms with Gasteiger partial charge in [-0.15, -0.1) is 0 Å². The van der Waals surface area contributed by atoms with Crippen molar-refractivity contribution in [2.45, 2.75) is 26.7 Å². The zero-order valence-electron chi connectivity index (χ0n) is 7.93. The summed E-state index contributed by atoms with van der Waals surface area (Å²) in [5, 5.41) is 8.73. The van der Waals surface area contributed by atoms with Gasteiger partial charge in [0.25, 0.3) is 0 Å². The fourth-order valence-electron chi connectivity index (χ4n) is 1.13. The molecule has 0 aromatic carbocycles. The Hall–Kier alpha value is -1.43. The van der Waals surface area contributed by atoms with Gasteiger partial charge in [0.15, 0.2) is 0 Å². The molecule has 0 aliphatic heterocycles. The van der Waals surface area contributed by atoms with E-state index in [1.807, 2.05) is 19.9 Å². The van der Waals surface area contributed by atoms with Gasteiger partial charge >= 0.3 is 0 Å². The Morgan fingerprint density at radius 2 is 2.15 bits per heavy atom. The van der Waals surface area contributed by atoms with Gasteiger partial charge in [0.2, 0.25) is 0 Å². The topological polar surface area (TPSA) is 36.7 Å². The number of nitriles is 1. The Kier molecular flexibility index (Phi) is 2.62. The SMILES string of the molecule is Cc1nc(C(C)C)c(C#N)cc1F. The molecule has 68 valence electrons. The molecule has 1 heterocycles. The number of halogens is 1. The van der Waals surface area contributed by atoms with Gasteiger partial charge in [0.1, 0.15) is 11.9 Å². The summed E-state index contributed by atoms with van der Waals surface area (Å²) >= 11 is 0. The average molecular weight is 178 g/mol. The normalized spacial score (nSPS) is 10.2. The van der Waals surface area contributed by atoms with Crippen LogP contribution in [0.15, 0.2) is 6.07 Å². The van der Waals surface area contributed by atoms with Crippen LogP contribution in [-0.4, -0.2) is 4.98 Å². The lowest BCUT2D eigenvalue weighted by atomic mass is 10.0. The fourth-order valence-corrected chi connectivity index (χ4v) is 1.13. The van der Waals surface area contributed by atoms with Crippen molar-refractivity contribution in [2.24, 2.45) is 0 Å². The summed E-state index contributed by atoms with van der Waals surface area (Å²) in [7, 11) is 0. The highest BCUT2D eigenvalue weighted by Crippen LogP contribution is 2.18. The maximum absolute atomic E-state index is 13.0. The Balaban J connectivity index is 3.35. The molecular weight excluding hydrogens is 167 g/mol. The first-order valence-electron chi connectivity index (χ1n) is 4.13. The summed E-state index contributed by atoms with van der Waals surface area (Å²) in [6, 6.07) is 3.19. The molecule has 0 saturated carbocycles. The molecule has 0 fully saturated rings. The van der Waals surface area contributed by atoms with E-state index in [4.69, 9.17) is 5.26 Å². The first kappa shape index (κ1) is 9.66. The van der Waals surface area contributed by atoms with E-state index in [9.17, 15) is 4.39 Å². The van der Waals surface area contributed by atoms with Crippen LogP contribution in [-0.2, 0) is 0 Å². The molecule has 0 aliphatic rings. The summed E-state index contributed by atoms with van der Waals surface area (Å²) in [6.45, 7) is 5.46. The van der Waals surface area contributed by atoms with Crippen LogP contribution in [0.3, 0.4) is 0 Å². The maximum Gasteiger partial charge on any atom is 0.145 e. The molecule has 13 heavy (non-hydrogen) atoms. The first-order valence-corrected chi connectivity index (χ1v) is 4.13. The molecule has 1 rings (SSSR count). The minimum absolute atomic E-state index is 0.147. The Labute approximate surface area is 77.0 Å². The predicted octanol–water partition coefficient (Wildman–Crippen LogP) is 2.52. The number of aromatic nitrogens is 1. The predicted molar refractivity (Wildman–Crippen MR) is 47.7 cm³/mol. The maximum atomic E-state index is 13.0. The van der Waals surface area contributed by atoms with Crippen LogP contribution in [0.1, 0.15) is 36.7 Å². The summed E-state index contributed by atoms with van der Waals surface area (Å²) in [5.41, 5.74) is 1.35. The van der Waals surface area contributed by atoms with Crippen molar-refractivity contribution < 1.29 is 4.39 Å². The quantitative estimate of drug-likeness (QED) is 0.662. The summed E-state index contributed by atoms with van der Waals surface area (Å²) < 4.78 is 13.0. The molecule has 0 amide bonds. The van der Waals surface area contributed by atoms with E-state index in [1.54, 1.807) is 6.92 Å². The van der Waals surface area contributed by atoms with Crippen molar-refractivity contribution in [3.63, 3.8) is 0 Å². The first-order chi connectivity index (χ1) is 6.06. The molecule has 0 radical (unpaired) electrons. The molecule has 0 spiro atoms. The highest BCUT2D eigenvalue weighted by Gasteiger charge is 2.11. The largest absolute Gasteiger partial charge is 0.253 e. The van der Waals surface area contributed by atoms with Crippen molar-refractivity contribution in [3.05, 3.63) is 28.8 Å². The summed E-state index contributed by atoms with van der Waals surface area (Å²) in [4.78, 5) is 4.05. The molecule has 0 atom stereocenters. The van der Waals surface area contributed by atoms with Gasteiger partial charge < -0.3 is 0 Å². The van der Waals surface area contributed by atoms with E-state index < -0.39 is 5.82 Å². The third-order valence-corrected chi connectivity index (χ3v) is 1.85. The number of rotatable bonds is 1. The Morgan fingerprint density at radius 1 is 1.54 bits per heavy atom. The second kappa shape index (κ2) is 3.53. The van der Waals surface area contributed by atoms with Gasteiger partial charge in [-0.1, -0.05) is 13.8 Å². The molecule has 0 unspecified atom stereocenters. The molecule has 0 N–H and O–H groups in total. The third-order valence-electron chi connectivity index (χ3n) is 1.85. The van der Waals surface area contributed by atoms with E-state index in [0.717, 1.165) is 0 Å². The molecular formula is C10H11FN2. The van der Waals surface area contributed by atoms with E-state index in [2.05, 4.69) is 4.98 Å². The van der Waals surface area contributed by atoms with Crippen molar-refractivity contribution in [3.8, 4) is 6.07 Å². The minimum Gasteiger partial charge on any atom is -0.253 e. The van der Waals surface area contributed by atoms with Crippen molar-refractivity contribution >= 4 is 0 Å². The van der Waals surface area contributed by atoms with E-state index >= 15 is 0 Å². The van der Waals surface area contributed by atoms with Crippen molar-refractivity contribution in [1.82, 2.24) is 4.98 Å². The minimum atomic E-state index is -0.416. The van der Waals surface area contributed by atoms with Crippen molar-refractivity contribution in [2.75, 3.05) is 0 Å². The average Bonchev–Trinajstić information content (AvgIpc) is 2.08. The number of aryl methyl sites for hydroxylation is 1. The van der Waals surface area contributed by atoms with Crippen LogP contribution < -0.4 is 0 Å². The van der Waals surface area contributed by atoms with Gasteiger partial charge in [-0.05, 0) is 18.9 Å². The number of hydrogen-bond donors (Lipinski definition) is 0. The fraction of sp³-hybridized carbons (Fsp3) is 0.400. The molecule has 3 heteroatoms. The van der Waals surface area contributed by atoms with Crippen LogP contribution in [0, 0.1) is 24.1 Å². The standard InChI is InChI=1S/C10H11FN2/c1-6(2)10-8(5-12)4-9(11)7(3)13-10/h4,6H,1-3H3. The zero-order valence-corrected chi connectivity index (χ0v) is 7.93. The van der Waals surface area contributed by atoms with Gasteiger partial charge in [-0.2, -0.15) is 5.26 Å². The molecule has 2 nitrogen and oxygen atoms in total.